The molecule has 0 bridgehead atoms. The molecule has 2 aliphatic rings. The third kappa shape index (κ3) is 5.00. The van der Waals surface area contributed by atoms with Crippen molar-refractivity contribution in [3.05, 3.63) is 113 Å². The van der Waals surface area contributed by atoms with Gasteiger partial charge in [0.1, 0.15) is 38.7 Å². The van der Waals surface area contributed by atoms with Crippen LogP contribution in [0.3, 0.4) is 0 Å². The Morgan fingerprint density at radius 3 is 2.73 bits per heavy atom. The Hall–Kier alpha value is -4.37. The van der Waals surface area contributed by atoms with Gasteiger partial charge in [0.2, 0.25) is 5.91 Å². The lowest BCUT2D eigenvalue weighted by molar-refractivity contribution is -0.118. The fourth-order valence-corrected chi connectivity index (χ4v) is 6.74. The van der Waals surface area contributed by atoms with Gasteiger partial charge in [0.25, 0.3) is 0 Å². The van der Waals surface area contributed by atoms with Crippen LogP contribution in [0.15, 0.2) is 88.0 Å². The molecule has 6 rings (SSSR count). The topological polar surface area (TPSA) is 86.8 Å². The molecule has 2 aliphatic heterocycles. The minimum absolute atomic E-state index is 0.134. The van der Waals surface area contributed by atoms with Crippen LogP contribution in [0.4, 0.5) is 10.1 Å². The number of anilines is 1. The smallest absolute Gasteiger partial charge is 0.233 e. The van der Waals surface area contributed by atoms with E-state index in [1.165, 1.54) is 6.07 Å². The molecule has 0 fully saturated rings. The maximum atomic E-state index is 15.2. The average Bonchev–Trinajstić information content (AvgIpc) is 3.55. The Morgan fingerprint density at radius 1 is 1.10 bits per heavy atom. The molecule has 3 aromatic carbocycles. The second kappa shape index (κ2) is 11.0. The number of hydrogen-bond acceptors (Lipinski definition) is 6. The van der Waals surface area contributed by atoms with Crippen LogP contribution in [0, 0.1) is 17.1 Å². The molecule has 1 aromatic heterocycles. The number of nitriles is 1. The van der Waals surface area contributed by atoms with Gasteiger partial charge in [0.05, 0.1) is 68.1 Å². The van der Waals surface area contributed by atoms with Gasteiger partial charge < -0.3 is 17.3 Å². The van der Waals surface area contributed by atoms with Crippen molar-refractivity contribution in [3.8, 4) is 23.1 Å². The van der Waals surface area contributed by atoms with Crippen molar-refractivity contribution in [1.82, 2.24) is 12.7 Å². The average molecular weight is 646 g/mol. The fourth-order valence-electron chi connectivity index (χ4n) is 4.88. The number of amides is 1. The van der Waals surface area contributed by atoms with Gasteiger partial charge in [-0.2, -0.15) is 5.26 Å². The van der Waals surface area contributed by atoms with Gasteiger partial charge in [0.15, 0.2) is 0 Å². The number of rotatable bonds is 6. The van der Waals surface area contributed by atoms with E-state index in [1.807, 2.05) is 47.2 Å². The summed E-state index contributed by atoms with van der Waals surface area (Å²) in [5, 5.41) is 9.07. The molecule has 0 spiro atoms. The molecule has 0 atom stereocenters. The lowest BCUT2D eigenvalue weighted by Crippen LogP contribution is -2.32. The van der Waals surface area contributed by atoms with Gasteiger partial charge in [-0.1, -0.05) is 30.3 Å². The molecule has 0 radical (unpaired) electrons. The monoisotopic (exact) mass is 646 g/mol. The maximum Gasteiger partial charge on any atom is 0.233 e. The first-order chi connectivity index (χ1) is 19.5. The predicted octanol–water partition coefficient (Wildman–Crippen LogP) is 6.28. The molecule has 8 nitrogen and oxygen atoms in total. The van der Waals surface area contributed by atoms with Gasteiger partial charge in [0, 0.05) is 17.3 Å². The van der Waals surface area contributed by atoms with Crippen molar-refractivity contribution in [2.24, 2.45) is 3.15 Å². The van der Waals surface area contributed by atoms with E-state index >= 15 is 4.39 Å². The van der Waals surface area contributed by atoms with Gasteiger partial charge in [-0.3, -0.25) is 4.79 Å². The number of methoxy groups -OCH3 is 1. The highest BCUT2D eigenvalue weighted by molar-refractivity contribution is 14.1. The first-order valence-electron chi connectivity index (χ1n) is 12.6. The molecular weight excluding hydrogens is 622 g/mol. The molecule has 1 amide bonds. The zero-order chi connectivity index (χ0) is 27.6. The molecular formula is C30H24FIN6O2. The number of carbonyl (C=O) groups excluding carboxylic acids is 1. The number of aromatic nitrogens is 2. The number of nitrogens with zero attached hydrogens (tertiary/aromatic N) is 6. The minimum Gasteiger partial charge on any atom is -0.496 e. The summed E-state index contributed by atoms with van der Waals surface area (Å²) in [5.41, 5.74) is 5.02. The Balaban J connectivity index is 1.28. The number of fused-ring (bicyclic) bond motifs is 2. The number of hydrogen-bond donors (Lipinski definition) is 0. The number of ether oxygens (including phenoxy) is 1. The van der Waals surface area contributed by atoms with Gasteiger partial charge in [-0.05, 0) is 42.0 Å². The summed E-state index contributed by atoms with van der Waals surface area (Å²) in [6.07, 6.45) is 3.80. The van der Waals surface area contributed by atoms with Crippen LogP contribution in [0.5, 0.6) is 5.75 Å². The second-order valence-corrected chi connectivity index (χ2v) is 11.5. The summed E-state index contributed by atoms with van der Waals surface area (Å²) in [7, 11) is 1.61. The van der Waals surface area contributed by atoms with Crippen LogP contribution in [-0.2, 0) is 24.4 Å². The van der Waals surface area contributed by atoms with Crippen molar-refractivity contribution in [2.75, 3.05) is 12.0 Å². The van der Waals surface area contributed by atoms with Crippen LogP contribution in [0.1, 0.15) is 28.9 Å². The van der Waals surface area contributed by atoms with Crippen molar-refractivity contribution in [3.63, 3.8) is 0 Å². The number of imidazole rings is 1. The van der Waals surface area contributed by atoms with Crippen LogP contribution in [0.2, 0.25) is 0 Å². The predicted molar refractivity (Wildman–Crippen MR) is 157 cm³/mol. The molecule has 0 saturated carbocycles. The number of halogens is 2. The Kier molecular flexibility index (Phi) is 7.13. The van der Waals surface area contributed by atoms with Gasteiger partial charge in [-0.25, -0.2) is 12.5 Å². The number of para-hydroxylation sites is 1. The highest BCUT2D eigenvalue weighted by Gasteiger charge is 2.29. The Labute approximate surface area is 241 Å². The maximum absolute atomic E-state index is 15.2. The van der Waals surface area contributed by atoms with Crippen LogP contribution >= 0.6 is 21.3 Å². The van der Waals surface area contributed by atoms with E-state index in [0.29, 0.717) is 40.6 Å². The van der Waals surface area contributed by atoms with E-state index in [9.17, 15) is 4.79 Å². The van der Waals surface area contributed by atoms with E-state index < -0.39 is 21.3 Å². The van der Waals surface area contributed by atoms with Crippen LogP contribution in [-0.4, -0.2) is 25.7 Å². The summed E-state index contributed by atoms with van der Waals surface area (Å²) >= 11 is -0.645. The first kappa shape index (κ1) is 25.9. The SMILES string of the molecule is COc1ccccc1-c1cn2c(n1)CN(C(=O)CC1=CN=IN1Cc1ccc(C#N)cc1)c1cccc(F)c1C2. The van der Waals surface area contributed by atoms with E-state index in [1.54, 1.807) is 42.5 Å². The molecule has 0 unspecified atom stereocenters. The molecule has 40 heavy (non-hydrogen) atoms. The van der Waals surface area contributed by atoms with Crippen LogP contribution < -0.4 is 9.64 Å². The lowest BCUT2D eigenvalue weighted by Gasteiger charge is -2.25. The Morgan fingerprint density at radius 2 is 1.93 bits per heavy atom. The van der Waals surface area contributed by atoms with E-state index in [0.717, 1.165) is 16.8 Å². The van der Waals surface area contributed by atoms with Crippen molar-refractivity contribution >= 4 is 32.9 Å². The number of carbonyl (C=O) groups is 1. The van der Waals surface area contributed by atoms with Crippen molar-refractivity contribution in [2.45, 2.75) is 26.1 Å². The second-order valence-electron chi connectivity index (χ2n) is 9.39. The summed E-state index contributed by atoms with van der Waals surface area (Å²) in [6.45, 7) is 1.08. The third-order valence-corrected chi connectivity index (χ3v) is 8.95. The summed E-state index contributed by atoms with van der Waals surface area (Å²) in [4.78, 5) is 20.4. The molecule has 0 aliphatic carbocycles. The molecule has 0 N–H and O–H groups in total. The Bertz CT molecular complexity index is 1710. The number of benzene rings is 3. The van der Waals surface area contributed by atoms with E-state index in [4.69, 9.17) is 15.0 Å². The molecule has 200 valence electrons. The molecule has 0 saturated heterocycles. The normalized spacial score (nSPS) is 14.0. The standard InChI is InChI=1S/C30H24FIN6O2/c1-40-28-8-3-2-5-23(28)26-18-36-17-24-25(31)6-4-7-27(24)37(19-29(36)35-26)30(39)13-22-15-34-32-38(22)16-21-11-9-20(14-33)10-12-21/h2-12,15,18H,13,16-17,19H2,1H3. The lowest BCUT2D eigenvalue weighted by atomic mass is 10.1. The quantitative estimate of drug-likeness (QED) is 0.182. The van der Waals surface area contributed by atoms with Crippen molar-refractivity contribution in [1.29, 1.82) is 5.26 Å². The summed E-state index contributed by atoms with van der Waals surface area (Å²) in [6, 6.07) is 22.0. The summed E-state index contributed by atoms with van der Waals surface area (Å²) in [5.74, 6) is 0.841. The minimum atomic E-state index is -0.645. The third-order valence-electron chi connectivity index (χ3n) is 6.94. The van der Waals surface area contributed by atoms with Gasteiger partial charge >= 0.3 is 0 Å². The highest BCUT2D eigenvalue weighted by Crippen LogP contribution is 2.36. The fraction of sp³-hybridized carbons (Fsp3) is 0.167. The molecule has 4 aromatic rings. The van der Waals surface area contributed by atoms with E-state index in [-0.39, 0.29) is 31.2 Å². The molecule has 10 heteroatoms. The highest BCUT2D eigenvalue weighted by atomic mass is 127. The van der Waals surface area contributed by atoms with Crippen LogP contribution in [0.25, 0.3) is 11.3 Å². The molecule has 3 heterocycles. The van der Waals surface area contributed by atoms with E-state index in [2.05, 4.69) is 12.3 Å². The summed E-state index contributed by atoms with van der Waals surface area (Å²) < 4.78 is 29.2. The zero-order valence-electron chi connectivity index (χ0n) is 21.6. The van der Waals surface area contributed by atoms with Gasteiger partial charge in [-0.15, -0.1) is 0 Å². The zero-order valence-corrected chi connectivity index (χ0v) is 23.7. The van der Waals surface area contributed by atoms with Crippen molar-refractivity contribution < 1.29 is 13.9 Å². The first-order valence-corrected chi connectivity index (χ1v) is 14.5. The largest absolute Gasteiger partial charge is 0.496 e.